The Kier molecular flexibility index (Phi) is 3.40. The zero-order chi connectivity index (χ0) is 13.4. The number of amides is 1. The fourth-order valence-corrected chi connectivity index (χ4v) is 2.91. The molecule has 2 saturated carbocycles. The Morgan fingerprint density at radius 3 is 2.47 bits per heavy atom. The molecule has 1 amide bonds. The van der Waals surface area contributed by atoms with E-state index in [2.05, 4.69) is 5.32 Å². The topological polar surface area (TPSA) is 49.3 Å². The largest absolute Gasteiger partial charge is 0.506 e. The van der Waals surface area contributed by atoms with Crippen LogP contribution in [0.1, 0.15) is 36.0 Å². The highest BCUT2D eigenvalue weighted by molar-refractivity contribution is 6.32. The third-order valence-electron chi connectivity index (χ3n) is 4.16. The number of hydrogen-bond acceptors (Lipinski definition) is 2. The zero-order valence-corrected chi connectivity index (χ0v) is 11.5. The van der Waals surface area contributed by atoms with Gasteiger partial charge >= 0.3 is 0 Å². The van der Waals surface area contributed by atoms with Crippen molar-refractivity contribution in [3.05, 3.63) is 28.8 Å². The van der Waals surface area contributed by atoms with Crippen LogP contribution in [0.5, 0.6) is 5.75 Å². The first-order chi connectivity index (χ1) is 9.15. The lowest BCUT2D eigenvalue weighted by Crippen LogP contribution is -2.31. The van der Waals surface area contributed by atoms with E-state index in [1.54, 1.807) is 6.07 Å². The number of halogens is 1. The maximum absolute atomic E-state index is 12.0. The minimum atomic E-state index is -0.104. The average molecular weight is 280 g/mol. The smallest absolute Gasteiger partial charge is 0.251 e. The summed E-state index contributed by atoms with van der Waals surface area (Å²) in [5.41, 5.74) is 0.508. The molecule has 0 heterocycles. The molecule has 1 aromatic carbocycles. The van der Waals surface area contributed by atoms with Crippen molar-refractivity contribution in [1.82, 2.24) is 5.32 Å². The number of nitrogens with one attached hydrogen (secondary N) is 1. The standard InChI is InChI=1S/C15H18ClNO2/c16-13-7-11(5-6-14(13)18)15(19)17-8-12(9-1-2-9)10-3-4-10/h5-7,9-10,12,18H,1-4,8H2,(H,17,19). The normalized spacial score (nSPS) is 18.6. The van der Waals surface area contributed by atoms with E-state index in [4.69, 9.17) is 11.6 Å². The van der Waals surface area contributed by atoms with Crippen molar-refractivity contribution in [2.24, 2.45) is 17.8 Å². The predicted molar refractivity (Wildman–Crippen MR) is 74.4 cm³/mol. The van der Waals surface area contributed by atoms with Gasteiger partial charge in [-0.25, -0.2) is 0 Å². The van der Waals surface area contributed by atoms with Crippen LogP contribution in [0.15, 0.2) is 18.2 Å². The number of rotatable bonds is 5. The van der Waals surface area contributed by atoms with Gasteiger partial charge in [-0.2, -0.15) is 0 Å². The van der Waals surface area contributed by atoms with E-state index in [1.807, 2.05) is 0 Å². The Labute approximate surface area is 118 Å². The molecule has 19 heavy (non-hydrogen) atoms. The summed E-state index contributed by atoms with van der Waals surface area (Å²) in [4.78, 5) is 12.0. The van der Waals surface area contributed by atoms with Crippen molar-refractivity contribution in [2.75, 3.05) is 6.54 Å². The van der Waals surface area contributed by atoms with E-state index >= 15 is 0 Å². The molecule has 3 rings (SSSR count). The number of hydrogen-bond donors (Lipinski definition) is 2. The van der Waals surface area contributed by atoms with Crippen molar-refractivity contribution in [3.63, 3.8) is 0 Å². The summed E-state index contributed by atoms with van der Waals surface area (Å²) in [6.07, 6.45) is 5.29. The first-order valence-corrected chi connectivity index (χ1v) is 7.29. The SMILES string of the molecule is O=C(NCC(C1CC1)C1CC1)c1ccc(O)c(Cl)c1. The van der Waals surface area contributed by atoms with Crippen LogP contribution in [-0.4, -0.2) is 17.6 Å². The van der Waals surface area contributed by atoms with Crippen LogP contribution >= 0.6 is 11.6 Å². The molecule has 0 radical (unpaired) electrons. The van der Waals surface area contributed by atoms with Crippen molar-refractivity contribution >= 4 is 17.5 Å². The van der Waals surface area contributed by atoms with E-state index in [9.17, 15) is 9.90 Å². The molecule has 102 valence electrons. The molecular weight excluding hydrogens is 262 g/mol. The van der Waals surface area contributed by atoms with Crippen LogP contribution in [0.25, 0.3) is 0 Å². The third-order valence-corrected chi connectivity index (χ3v) is 4.47. The van der Waals surface area contributed by atoms with Crippen molar-refractivity contribution < 1.29 is 9.90 Å². The lowest BCUT2D eigenvalue weighted by molar-refractivity contribution is 0.0943. The Morgan fingerprint density at radius 2 is 1.95 bits per heavy atom. The Morgan fingerprint density at radius 1 is 1.32 bits per heavy atom. The van der Waals surface area contributed by atoms with Crippen LogP contribution in [0, 0.1) is 17.8 Å². The molecule has 1 aromatic rings. The molecule has 2 fully saturated rings. The fraction of sp³-hybridized carbons (Fsp3) is 0.533. The second-order valence-corrected chi connectivity index (χ2v) is 6.12. The Bertz CT molecular complexity index is 483. The molecule has 2 N–H and O–H groups in total. The van der Waals surface area contributed by atoms with Crippen LogP contribution in [-0.2, 0) is 0 Å². The number of carbonyl (C=O) groups is 1. The molecular formula is C15H18ClNO2. The average Bonchev–Trinajstić information content (AvgIpc) is 3.26. The first-order valence-electron chi connectivity index (χ1n) is 6.92. The number of aromatic hydroxyl groups is 1. The van der Waals surface area contributed by atoms with Crippen molar-refractivity contribution in [3.8, 4) is 5.75 Å². The summed E-state index contributed by atoms with van der Waals surface area (Å²) in [6.45, 7) is 0.770. The molecule has 0 unspecified atom stereocenters. The van der Waals surface area contributed by atoms with Gasteiger partial charge in [0.05, 0.1) is 5.02 Å². The molecule has 0 bridgehead atoms. The number of carbonyl (C=O) groups excluding carboxylic acids is 1. The second kappa shape index (κ2) is 5.04. The quantitative estimate of drug-likeness (QED) is 0.869. The van der Waals surface area contributed by atoms with Crippen LogP contribution in [0.2, 0.25) is 5.02 Å². The van der Waals surface area contributed by atoms with Crippen LogP contribution < -0.4 is 5.32 Å². The summed E-state index contributed by atoms with van der Waals surface area (Å²) in [5.74, 6) is 2.23. The zero-order valence-electron chi connectivity index (χ0n) is 10.7. The highest BCUT2D eigenvalue weighted by atomic mass is 35.5. The van der Waals surface area contributed by atoms with Gasteiger partial charge in [-0.3, -0.25) is 4.79 Å². The number of benzene rings is 1. The highest BCUT2D eigenvalue weighted by Gasteiger charge is 2.41. The summed E-state index contributed by atoms with van der Waals surface area (Å²) in [6, 6.07) is 4.56. The molecule has 4 heteroatoms. The number of phenols is 1. The minimum absolute atomic E-state index is 0.00653. The summed E-state index contributed by atoms with van der Waals surface area (Å²) in [5, 5.41) is 12.6. The van der Waals surface area contributed by atoms with Crippen molar-refractivity contribution in [1.29, 1.82) is 0 Å². The summed E-state index contributed by atoms with van der Waals surface area (Å²) in [7, 11) is 0. The third kappa shape index (κ3) is 3.03. The van der Waals surface area contributed by atoms with Crippen molar-refractivity contribution in [2.45, 2.75) is 25.7 Å². The summed E-state index contributed by atoms with van der Waals surface area (Å²) < 4.78 is 0. The van der Waals surface area contributed by atoms with Gasteiger partial charge in [0, 0.05) is 12.1 Å². The van der Waals surface area contributed by atoms with Gasteiger partial charge in [-0.1, -0.05) is 11.6 Å². The van der Waals surface area contributed by atoms with Gasteiger partial charge in [0.15, 0.2) is 0 Å². The first kappa shape index (κ1) is 12.8. The van der Waals surface area contributed by atoms with Gasteiger partial charge in [0.2, 0.25) is 0 Å². The molecule has 0 aliphatic heterocycles. The van der Waals surface area contributed by atoms with Gasteiger partial charge in [-0.05, 0) is 61.6 Å². The second-order valence-electron chi connectivity index (χ2n) is 5.71. The molecule has 0 aromatic heterocycles. The van der Waals surface area contributed by atoms with E-state index in [1.165, 1.54) is 37.8 Å². The van der Waals surface area contributed by atoms with E-state index in [0.717, 1.165) is 18.4 Å². The maximum Gasteiger partial charge on any atom is 0.251 e. The number of phenolic OH excluding ortho intramolecular Hbond substituents is 1. The molecule has 2 aliphatic carbocycles. The van der Waals surface area contributed by atoms with Crippen LogP contribution in [0.3, 0.4) is 0 Å². The molecule has 0 atom stereocenters. The monoisotopic (exact) mass is 279 g/mol. The summed E-state index contributed by atoms with van der Waals surface area (Å²) >= 11 is 5.81. The minimum Gasteiger partial charge on any atom is -0.506 e. The lowest BCUT2D eigenvalue weighted by atomic mass is 9.98. The molecule has 0 saturated heterocycles. The van der Waals surface area contributed by atoms with E-state index < -0.39 is 0 Å². The molecule has 3 nitrogen and oxygen atoms in total. The van der Waals surface area contributed by atoms with Gasteiger partial charge in [0.25, 0.3) is 5.91 Å². The Hall–Kier alpha value is -1.22. The van der Waals surface area contributed by atoms with Gasteiger partial charge in [-0.15, -0.1) is 0 Å². The Balaban J connectivity index is 1.59. The van der Waals surface area contributed by atoms with Gasteiger partial charge in [0.1, 0.15) is 5.75 Å². The predicted octanol–water partition coefficient (Wildman–Crippen LogP) is 3.21. The lowest BCUT2D eigenvalue weighted by Gasteiger charge is -2.16. The fourth-order valence-electron chi connectivity index (χ4n) is 2.73. The molecule has 0 spiro atoms. The van der Waals surface area contributed by atoms with Crippen LogP contribution in [0.4, 0.5) is 0 Å². The van der Waals surface area contributed by atoms with E-state index in [0.29, 0.717) is 11.5 Å². The highest BCUT2D eigenvalue weighted by Crippen LogP contribution is 2.48. The molecule has 2 aliphatic rings. The van der Waals surface area contributed by atoms with E-state index in [-0.39, 0.29) is 16.7 Å². The maximum atomic E-state index is 12.0. The van der Waals surface area contributed by atoms with Gasteiger partial charge < -0.3 is 10.4 Å².